The molecule has 0 saturated heterocycles. The number of thioether (sulfide) groups is 1. The van der Waals surface area contributed by atoms with Crippen molar-refractivity contribution < 1.29 is 9.53 Å². The number of nitrogens with zero attached hydrogens (tertiary/aromatic N) is 2. The van der Waals surface area contributed by atoms with E-state index in [2.05, 4.69) is 11.1 Å². The molecule has 1 aromatic heterocycles. The van der Waals surface area contributed by atoms with Crippen molar-refractivity contribution in [2.75, 3.05) is 12.9 Å². The van der Waals surface area contributed by atoms with Crippen LogP contribution in [0.3, 0.4) is 0 Å². The van der Waals surface area contributed by atoms with Crippen molar-refractivity contribution in [1.29, 1.82) is 5.26 Å². The molecule has 0 fully saturated rings. The Morgan fingerprint density at radius 2 is 1.85 bits per heavy atom. The van der Waals surface area contributed by atoms with Gasteiger partial charge in [-0.3, -0.25) is 4.79 Å². The van der Waals surface area contributed by atoms with E-state index in [9.17, 15) is 10.1 Å². The van der Waals surface area contributed by atoms with Gasteiger partial charge in [0.2, 0.25) is 5.91 Å². The SMILES string of the molecule is COc1ccc(-c2cc(-c3ccccc3)c(C#N)c(SCC(N)=O)n2)cc1. The molecule has 0 unspecified atom stereocenters. The molecule has 134 valence electrons. The third-order valence-corrected chi connectivity index (χ3v) is 4.92. The van der Waals surface area contributed by atoms with Gasteiger partial charge in [-0.15, -0.1) is 0 Å². The molecule has 6 heteroatoms. The molecule has 1 heterocycles. The number of aromatic nitrogens is 1. The van der Waals surface area contributed by atoms with Gasteiger partial charge >= 0.3 is 0 Å². The van der Waals surface area contributed by atoms with Crippen LogP contribution in [0.15, 0.2) is 65.7 Å². The predicted octanol–water partition coefficient (Wildman–Crippen LogP) is 3.87. The van der Waals surface area contributed by atoms with Crippen LogP contribution in [0.4, 0.5) is 0 Å². The Hall–Kier alpha value is -3.30. The van der Waals surface area contributed by atoms with Gasteiger partial charge in [0.05, 0.1) is 24.1 Å². The number of amides is 1. The molecule has 0 spiro atoms. The first-order chi connectivity index (χ1) is 13.1. The molecule has 0 aliphatic rings. The van der Waals surface area contributed by atoms with Crippen LogP contribution in [0, 0.1) is 11.3 Å². The number of carbonyl (C=O) groups is 1. The highest BCUT2D eigenvalue weighted by Gasteiger charge is 2.16. The van der Waals surface area contributed by atoms with Gasteiger partial charge in [-0.25, -0.2) is 4.98 Å². The summed E-state index contributed by atoms with van der Waals surface area (Å²) in [7, 11) is 1.61. The van der Waals surface area contributed by atoms with E-state index in [4.69, 9.17) is 10.5 Å². The summed E-state index contributed by atoms with van der Waals surface area (Å²) in [6.07, 6.45) is 0. The molecule has 27 heavy (non-hydrogen) atoms. The van der Waals surface area contributed by atoms with Crippen molar-refractivity contribution in [1.82, 2.24) is 4.98 Å². The molecule has 2 N–H and O–H groups in total. The maximum atomic E-state index is 11.2. The van der Waals surface area contributed by atoms with Gasteiger partial charge in [0.1, 0.15) is 16.8 Å². The number of nitrogens with two attached hydrogens (primary N) is 1. The minimum atomic E-state index is -0.457. The van der Waals surface area contributed by atoms with Gasteiger partial charge < -0.3 is 10.5 Å². The number of rotatable bonds is 6. The van der Waals surface area contributed by atoms with Crippen LogP contribution >= 0.6 is 11.8 Å². The molecule has 0 bridgehead atoms. The van der Waals surface area contributed by atoms with Crippen LogP contribution in [0.2, 0.25) is 0 Å². The number of nitriles is 1. The highest BCUT2D eigenvalue weighted by Crippen LogP contribution is 2.34. The molecule has 0 atom stereocenters. The topological polar surface area (TPSA) is 89.0 Å². The number of hydrogen-bond donors (Lipinski definition) is 1. The Balaban J connectivity index is 2.17. The summed E-state index contributed by atoms with van der Waals surface area (Å²) in [5.74, 6) is 0.350. The quantitative estimate of drug-likeness (QED) is 0.661. The average molecular weight is 375 g/mol. The van der Waals surface area contributed by atoms with Crippen LogP contribution in [-0.4, -0.2) is 23.8 Å². The summed E-state index contributed by atoms with van der Waals surface area (Å²) in [5.41, 5.74) is 8.99. The standard InChI is InChI=1S/C21H17N3O2S/c1-26-16-9-7-15(8-10-16)19-11-17(14-5-3-2-4-6-14)18(12-22)21(24-19)27-13-20(23)25/h2-11H,13H2,1H3,(H2,23,25). The predicted molar refractivity (Wildman–Crippen MR) is 106 cm³/mol. The maximum Gasteiger partial charge on any atom is 0.227 e. The summed E-state index contributed by atoms with van der Waals surface area (Å²) in [6, 6.07) is 21.3. The second-order valence-corrected chi connectivity index (χ2v) is 6.66. The van der Waals surface area contributed by atoms with Gasteiger partial charge in [0, 0.05) is 11.1 Å². The van der Waals surface area contributed by atoms with Crippen molar-refractivity contribution in [3.63, 3.8) is 0 Å². The number of ether oxygens (including phenoxy) is 1. The summed E-state index contributed by atoms with van der Waals surface area (Å²) >= 11 is 1.17. The Kier molecular flexibility index (Phi) is 5.74. The molecule has 3 aromatic rings. The third-order valence-electron chi connectivity index (χ3n) is 3.92. The summed E-state index contributed by atoms with van der Waals surface area (Å²) < 4.78 is 5.20. The van der Waals surface area contributed by atoms with Crippen molar-refractivity contribution in [3.05, 3.63) is 66.2 Å². The van der Waals surface area contributed by atoms with Crippen LogP contribution < -0.4 is 10.5 Å². The van der Waals surface area contributed by atoms with Crippen molar-refractivity contribution in [3.8, 4) is 34.2 Å². The van der Waals surface area contributed by atoms with Crippen LogP contribution in [-0.2, 0) is 4.79 Å². The van der Waals surface area contributed by atoms with Gasteiger partial charge in [-0.05, 0) is 35.9 Å². The Bertz CT molecular complexity index is 996. The molecule has 2 aromatic carbocycles. The number of primary amides is 1. The number of hydrogen-bond acceptors (Lipinski definition) is 5. The Labute approximate surface area is 161 Å². The largest absolute Gasteiger partial charge is 0.497 e. The second-order valence-electron chi connectivity index (χ2n) is 5.70. The normalized spacial score (nSPS) is 10.2. The van der Waals surface area contributed by atoms with Crippen molar-refractivity contribution >= 4 is 17.7 Å². The van der Waals surface area contributed by atoms with Gasteiger partial charge in [0.25, 0.3) is 0 Å². The number of carbonyl (C=O) groups excluding carboxylic acids is 1. The molecule has 0 aliphatic heterocycles. The Morgan fingerprint density at radius 1 is 1.15 bits per heavy atom. The first kappa shape index (κ1) is 18.5. The monoisotopic (exact) mass is 375 g/mol. The van der Waals surface area contributed by atoms with Crippen LogP contribution in [0.5, 0.6) is 5.75 Å². The summed E-state index contributed by atoms with van der Waals surface area (Å²) in [6.45, 7) is 0. The molecule has 0 saturated carbocycles. The first-order valence-electron chi connectivity index (χ1n) is 8.18. The molecular formula is C21H17N3O2S. The van der Waals surface area contributed by atoms with E-state index < -0.39 is 5.91 Å². The van der Waals surface area contributed by atoms with E-state index in [1.165, 1.54) is 11.8 Å². The fraction of sp³-hybridized carbons (Fsp3) is 0.0952. The van der Waals surface area contributed by atoms with Crippen molar-refractivity contribution in [2.45, 2.75) is 5.03 Å². The van der Waals surface area contributed by atoms with E-state index >= 15 is 0 Å². The molecule has 1 amide bonds. The fourth-order valence-corrected chi connectivity index (χ4v) is 3.37. The van der Waals surface area contributed by atoms with Gasteiger partial charge in [-0.1, -0.05) is 42.1 Å². The lowest BCUT2D eigenvalue weighted by Gasteiger charge is -2.12. The lowest BCUT2D eigenvalue weighted by molar-refractivity contribution is -0.115. The second kappa shape index (κ2) is 8.39. The summed E-state index contributed by atoms with van der Waals surface area (Å²) in [4.78, 5) is 15.8. The zero-order valence-corrected chi connectivity index (χ0v) is 15.5. The lowest BCUT2D eigenvalue weighted by Crippen LogP contribution is -2.13. The highest BCUT2D eigenvalue weighted by atomic mass is 32.2. The van der Waals surface area contributed by atoms with E-state index in [1.807, 2.05) is 60.7 Å². The Morgan fingerprint density at radius 3 is 2.44 bits per heavy atom. The zero-order chi connectivity index (χ0) is 19.2. The minimum Gasteiger partial charge on any atom is -0.497 e. The number of methoxy groups -OCH3 is 1. The smallest absolute Gasteiger partial charge is 0.227 e. The summed E-state index contributed by atoms with van der Waals surface area (Å²) in [5, 5.41) is 10.2. The van der Waals surface area contributed by atoms with E-state index in [1.54, 1.807) is 7.11 Å². The average Bonchev–Trinajstić information content (AvgIpc) is 2.72. The molecule has 0 aliphatic carbocycles. The van der Waals surface area contributed by atoms with Crippen molar-refractivity contribution in [2.24, 2.45) is 5.73 Å². The van der Waals surface area contributed by atoms with E-state index in [0.717, 1.165) is 22.4 Å². The molecule has 3 rings (SSSR count). The fourth-order valence-electron chi connectivity index (χ4n) is 2.63. The lowest BCUT2D eigenvalue weighted by atomic mass is 9.99. The first-order valence-corrected chi connectivity index (χ1v) is 9.17. The van der Waals surface area contributed by atoms with Crippen LogP contribution in [0.1, 0.15) is 5.56 Å². The molecule has 0 radical (unpaired) electrons. The highest BCUT2D eigenvalue weighted by molar-refractivity contribution is 8.00. The van der Waals surface area contributed by atoms with Crippen LogP contribution in [0.25, 0.3) is 22.4 Å². The minimum absolute atomic E-state index is 0.0575. The maximum absolute atomic E-state index is 11.2. The third kappa shape index (κ3) is 4.27. The zero-order valence-electron chi connectivity index (χ0n) is 14.7. The van der Waals surface area contributed by atoms with Gasteiger partial charge in [-0.2, -0.15) is 5.26 Å². The van der Waals surface area contributed by atoms with Gasteiger partial charge in [0.15, 0.2) is 0 Å². The molecule has 5 nitrogen and oxygen atoms in total. The number of pyridine rings is 1. The van der Waals surface area contributed by atoms with E-state index in [0.29, 0.717) is 16.3 Å². The van der Waals surface area contributed by atoms with E-state index in [-0.39, 0.29) is 5.75 Å². The molecular weight excluding hydrogens is 358 g/mol. The number of benzene rings is 2.